The molecule has 2 aromatic carbocycles. The molecule has 0 unspecified atom stereocenters. The van der Waals surface area contributed by atoms with E-state index in [1.165, 1.54) is 35.2 Å². The molecule has 3 N–H and O–H groups in total. The highest BCUT2D eigenvalue weighted by Gasteiger charge is 2.20. The molecule has 210 valence electrons. The van der Waals surface area contributed by atoms with Gasteiger partial charge >= 0.3 is 5.69 Å². The first kappa shape index (κ1) is 29.0. The lowest BCUT2D eigenvalue weighted by Crippen LogP contribution is -2.42. The van der Waals surface area contributed by atoms with Gasteiger partial charge in [0, 0.05) is 55.2 Å². The number of aromatic nitrogens is 3. The number of hydrogen-bond acceptors (Lipinski definition) is 7. The van der Waals surface area contributed by atoms with E-state index >= 15 is 0 Å². The molecule has 0 saturated carbocycles. The predicted octanol–water partition coefficient (Wildman–Crippen LogP) is 5.02. The van der Waals surface area contributed by atoms with Crippen LogP contribution in [-0.2, 0) is 0 Å². The first-order valence-electron chi connectivity index (χ1n) is 12.4. The minimum Gasteiger partial charge on any atom is -0.456 e. The Morgan fingerprint density at radius 1 is 1.12 bits per heavy atom. The van der Waals surface area contributed by atoms with Gasteiger partial charge in [-0.1, -0.05) is 11.6 Å². The summed E-state index contributed by atoms with van der Waals surface area (Å²) in [6, 6.07) is 12.3. The number of rotatable bonds is 9. The van der Waals surface area contributed by atoms with Crippen LogP contribution in [0.25, 0.3) is 11.3 Å². The zero-order chi connectivity index (χ0) is 29.7. The molecule has 1 amide bonds. The molecule has 2 aromatic heterocycles. The van der Waals surface area contributed by atoms with Crippen LogP contribution >= 0.6 is 11.6 Å². The van der Waals surface area contributed by atoms with Crippen LogP contribution in [0.1, 0.15) is 35.9 Å². The van der Waals surface area contributed by atoms with Gasteiger partial charge in [0.1, 0.15) is 22.9 Å². The topological polar surface area (TPSA) is 131 Å². The average molecular weight is 577 g/mol. The van der Waals surface area contributed by atoms with Crippen LogP contribution in [0.5, 0.6) is 11.5 Å². The van der Waals surface area contributed by atoms with Gasteiger partial charge < -0.3 is 20.8 Å². The van der Waals surface area contributed by atoms with Crippen molar-refractivity contribution >= 4 is 35.0 Å². The Balaban J connectivity index is 1.62. The summed E-state index contributed by atoms with van der Waals surface area (Å²) < 4.78 is 21.4. The highest BCUT2D eigenvalue weighted by Crippen LogP contribution is 2.32. The maximum Gasteiger partial charge on any atom is 0.335 e. The van der Waals surface area contributed by atoms with E-state index in [4.69, 9.17) is 21.7 Å². The van der Waals surface area contributed by atoms with Crippen molar-refractivity contribution in [2.24, 2.45) is 0 Å². The molecule has 12 heteroatoms. The third kappa shape index (κ3) is 6.42. The number of nitrogens with zero attached hydrogens (tertiary/aromatic N) is 3. The summed E-state index contributed by atoms with van der Waals surface area (Å²) >= 11 is 6.43. The largest absolute Gasteiger partial charge is 0.456 e. The average Bonchev–Trinajstić information content (AvgIpc) is 2.94. The molecule has 4 rings (SSSR count). The summed E-state index contributed by atoms with van der Waals surface area (Å²) in [5.41, 5.74) is -0.340. The van der Waals surface area contributed by atoms with E-state index in [0.29, 0.717) is 22.8 Å². The summed E-state index contributed by atoms with van der Waals surface area (Å²) in [5.74, 6) is -0.577. The Bertz CT molecular complexity index is 1760. The maximum absolute atomic E-state index is 13.5. The van der Waals surface area contributed by atoms with E-state index in [9.17, 15) is 18.8 Å². The first-order chi connectivity index (χ1) is 19.6. The standard InChI is InChI=1S/C29H26ClFN6O4/c1-17(2)36-16-23(28(39)37(29(36)40)21-7-4-19(31)5-8-21)27(38)35-20-6-9-26(24(30)12-20)41-22-10-11-34-25(13-22)18(14-32)15-33-3/h4-17,32-33H,1-3H3,(H,35,38)/b18-15+,32-14?. The maximum atomic E-state index is 13.5. The zero-order valence-corrected chi connectivity index (χ0v) is 23.1. The Hall–Kier alpha value is -5.03. The smallest absolute Gasteiger partial charge is 0.335 e. The summed E-state index contributed by atoms with van der Waals surface area (Å²) in [4.78, 5) is 43.8. The van der Waals surface area contributed by atoms with Crippen molar-refractivity contribution in [3.8, 4) is 17.2 Å². The molecule has 0 bridgehead atoms. The number of allylic oxidation sites excluding steroid dienone is 1. The fraction of sp³-hybridized carbons (Fsp3) is 0.138. The summed E-state index contributed by atoms with van der Waals surface area (Å²) in [6.45, 7) is 3.46. The number of anilines is 1. The third-order valence-corrected chi connectivity index (χ3v) is 6.20. The molecule has 0 aliphatic carbocycles. The second-order valence-electron chi connectivity index (χ2n) is 9.05. The van der Waals surface area contributed by atoms with Gasteiger partial charge in [0.15, 0.2) is 0 Å². The Morgan fingerprint density at radius 3 is 2.49 bits per heavy atom. The molecule has 0 atom stereocenters. The van der Waals surface area contributed by atoms with E-state index in [0.717, 1.165) is 22.9 Å². The van der Waals surface area contributed by atoms with Crippen molar-refractivity contribution in [1.29, 1.82) is 5.41 Å². The highest BCUT2D eigenvalue weighted by molar-refractivity contribution is 6.32. The fourth-order valence-corrected chi connectivity index (χ4v) is 4.10. The molecule has 0 saturated heterocycles. The van der Waals surface area contributed by atoms with E-state index in [1.807, 2.05) is 0 Å². The quantitative estimate of drug-likeness (QED) is 0.240. The van der Waals surface area contributed by atoms with Gasteiger partial charge in [-0.25, -0.2) is 13.8 Å². The van der Waals surface area contributed by atoms with Crippen molar-refractivity contribution < 1.29 is 13.9 Å². The molecular weight excluding hydrogens is 551 g/mol. The van der Waals surface area contributed by atoms with Crippen molar-refractivity contribution in [1.82, 2.24) is 19.4 Å². The van der Waals surface area contributed by atoms with Crippen molar-refractivity contribution in [3.05, 3.63) is 116 Å². The van der Waals surface area contributed by atoms with E-state index in [2.05, 4.69) is 15.6 Å². The minimum absolute atomic E-state index is 0.128. The highest BCUT2D eigenvalue weighted by atomic mass is 35.5. The fourth-order valence-electron chi connectivity index (χ4n) is 3.88. The number of amides is 1. The van der Waals surface area contributed by atoms with E-state index in [1.54, 1.807) is 51.4 Å². The lowest BCUT2D eigenvalue weighted by molar-refractivity contribution is 0.102. The lowest BCUT2D eigenvalue weighted by Gasteiger charge is -2.16. The number of pyridine rings is 1. The Morgan fingerprint density at radius 2 is 1.85 bits per heavy atom. The summed E-state index contributed by atoms with van der Waals surface area (Å²) in [7, 11) is 1.71. The van der Waals surface area contributed by atoms with Gasteiger partial charge in [-0.15, -0.1) is 0 Å². The number of halogens is 2. The number of nitrogens with one attached hydrogen (secondary N) is 3. The van der Waals surface area contributed by atoms with Gasteiger partial charge in [0.05, 0.1) is 16.4 Å². The van der Waals surface area contributed by atoms with Crippen molar-refractivity contribution in [2.75, 3.05) is 12.4 Å². The van der Waals surface area contributed by atoms with Gasteiger partial charge in [0.25, 0.3) is 11.5 Å². The van der Waals surface area contributed by atoms with Crippen LogP contribution < -0.4 is 26.6 Å². The van der Waals surface area contributed by atoms with Gasteiger partial charge in [-0.2, -0.15) is 0 Å². The SMILES string of the molecule is CN/C=C(\C=N)c1cc(Oc2ccc(NC(=O)c3cn(C(C)C)c(=O)n(-c4ccc(F)cc4)c3=O)cc2Cl)ccn1. The van der Waals surface area contributed by atoms with Crippen LogP contribution in [0.4, 0.5) is 10.1 Å². The number of carbonyl (C=O) groups excluding carboxylic acids is 1. The van der Waals surface area contributed by atoms with Crippen LogP contribution in [0.15, 0.2) is 82.8 Å². The summed E-state index contributed by atoms with van der Waals surface area (Å²) in [6.07, 6.45) is 5.53. The second-order valence-corrected chi connectivity index (χ2v) is 9.46. The Labute approximate surface area is 239 Å². The molecule has 0 spiro atoms. The van der Waals surface area contributed by atoms with Crippen LogP contribution in [-0.4, -0.2) is 33.3 Å². The molecule has 10 nitrogen and oxygen atoms in total. The van der Waals surface area contributed by atoms with E-state index < -0.39 is 23.0 Å². The molecule has 4 aromatic rings. The normalized spacial score (nSPS) is 11.3. The van der Waals surface area contributed by atoms with Crippen LogP contribution in [0.2, 0.25) is 5.02 Å². The molecule has 41 heavy (non-hydrogen) atoms. The molecular formula is C29H26ClFN6O4. The Kier molecular flexibility index (Phi) is 8.78. The van der Waals surface area contributed by atoms with Crippen molar-refractivity contribution in [2.45, 2.75) is 19.9 Å². The predicted molar refractivity (Wildman–Crippen MR) is 156 cm³/mol. The number of hydrogen-bond donors (Lipinski definition) is 3. The molecule has 0 aliphatic rings. The van der Waals surface area contributed by atoms with Crippen LogP contribution in [0.3, 0.4) is 0 Å². The lowest BCUT2D eigenvalue weighted by atomic mass is 10.2. The van der Waals surface area contributed by atoms with Crippen molar-refractivity contribution in [3.63, 3.8) is 0 Å². The molecule has 0 fully saturated rings. The van der Waals surface area contributed by atoms with Crippen LogP contribution in [0, 0.1) is 11.2 Å². The third-order valence-electron chi connectivity index (χ3n) is 5.90. The zero-order valence-electron chi connectivity index (χ0n) is 22.3. The molecule has 0 aliphatic heterocycles. The second kappa shape index (κ2) is 12.4. The first-order valence-corrected chi connectivity index (χ1v) is 12.8. The number of ether oxygens (including phenoxy) is 1. The molecule has 0 radical (unpaired) electrons. The monoisotopic (exact) mass is 576 g/mol. The summed E-state index contributed by atoms with van der Waals surface area (Å²) in [5, 5.41) is 13.2. The van der Waals surface area contributed by atoms with Gasteiger partial charge in [-0.05, 0) is 62.4 Å². The minimum atomic E-state index is -0.854. The number of benzene rings is 2. The number of carbonyl (C=O) groups is 1. The molecule has 2 heterocycles. The van der Waals surface area contributed by atoms with Gasteiger partial charge in [-0.3, -0.25) is 19.1 Å². The van der Waals surface area contributed by atoms with E-state index in [-0.39, 0.29) is 28.0 Å². The van der Waals surface area contributed by atoms with Gasteiger partial charge in [0.2, 0.25) is 0 Å².